The molecule has 0 unspecified atom stereocenters. The fraction of sp³-hybridized carbons (Fsp3) is 0.192. The number of allylic oxidation sites excluding steroid dienone is 5. The zero-order valence-electron chi connectivity index (χ0n) is 18.0. The summed E-state index contributed by atoms with van der Waals surface area (Å²) in [6.07, 6.45) is 11.0. The van der Waals surface area contributed by atoms with Gasteiger partial charge in [0.2, 0.25) is 0 Å². The van der Waals surface area contributed by atoms with Crippen molar-refractivity contribution in [2.24, 2.45) is 5.73 Å². The standard InChI is InChI=1S/C26H30N4O/c1-3-6-21(13-14-27)11-12-22-7-4-9-24(19-22)28-25-10-5-8-23(20-25)26(31)30-17-15-29(2)16-18-30/h3-14,19-20,28H,1,15-18,27H2,2H3/b12-11+,14-13-,21-6-. The van der Waals surface area contributed by atoms with E-state index < -0.39 is 0 Å². The van der Waals surface area contributed by atoms with Gasteiger partial charge in [-0.15, -0.1) is 0 Å². The number of nitrogens with zero attached hydrogens (tertiary/aromatic N) is 2. The van der Waals surface area contributed by atoms with Gasteiger partial charge in [-0.2, -0.15) is 0 Å². The van der Waals surface area contributed by atoms with Crippen molar-refractivity contribution in [1.82, 2.24) is 9.80 Å². The van der Waals surface area contributed by atoms with Crippen molar-refractivity contribution in [2.75, 3.05) is 38.5 Å². The van der Waals surface area contributed by atoms with Gasteiger partial charge in [-0.25, -0.2) is 0 Å². The molecule has 0 bridgehead atoms. The normalized spacial score (nSPS) is 15.5. The average Bonchev–Trinajstić information content (AvgIpc) is 2.78. The zero-order chi connectivity index (χ0) is 22.1. The van der Waals surface area contributed by atoms with Gasteiger partial charge in [0, 0.05) is 43.1 Å². The molecule has 3 rings (SSSR count). The van der Waals surface area contributed by atoms with E-state index in [1.165, 1.54) is 6.20 Å². The fourth-order valence-electron chi connectivity index (χ4n) is 3.42. The fourth-order valence-corrected chi connectivity index (χ4v) is 3.42. The van der Waals surface area contributed by atoms with Gasteiger partial charge in [-0.1, -0.05) is 49.1 Å². The molecule has 5 nitrogen and oxygen atoms in total. The van der Waals surface area contributed by atoms with Crippen molar-refractivity contribution in [1.29, 1.82) is 0 Å². The van der Waals surface area contributed by atoms with Crippen molar-refractivity contribution in [3.05, 3.63) is 102 Å². The van der Waals surface area contributed by atoms with E-state index in [0.29, 0.717) is 5.56 Å². The molecule has 1 saturated heterocycles. The maximum Gasteiger partial charge on any atom is 0.254 e. The number of likely N-dealkylation sites (N-methyl/N-ethyl adjacent to an activating group) is 1. The molecule has 2 aromatic rings. The maximum absolute atomic E-state index is 12.9. The van der Waals surface area contributed by atoms with Crippen LogP contribution in [0, 0.1) is 0 Å². The first-order valence-electron chi connectivity index (χ1n) is 10.4. The molecule has 0 atom stereocenters. The number of anilines is 2. The number of nitrogens with two attached hydrogens (primary N) is 1. The van der Waals surface area contributed by atoms with Crippen molar-refractivity contribution in [3.8, 4) is 0 Å². The summed E-state index contributed by atoms with van der Waals surface area (Å²) in [5, 5.41) is 3.41. The first-order valence-corrected chi connectivity index (χ1v) is 10.4. The molecule has 3 N–H and O–H groups in total. The van der Waals surface area contributed by atoms with Crippen molar-refractivity contribution < 1.29 is 4.79 Å². The molecule has 0 aliphatic carbocycles. The summed E-state index contributed by atoms with van der Waals surface area (Å²) in [6.45, 7) is 7.08. The summed E-state index contributed by atoms with van der Waals surface area (Å²) in [4.78, 5) is 17.0. The van der Waals surface area contributed by atoms with Gasteiger partial charge in [-0.05, 0) is 60.8 Å². The van der Waals surface area contributed by atoms with Crippen molar-refractivity contribution in [3.63, 3.8) is 0 Å². The molecule has 0 radical (unpaired) electrons. The Hall–Kier alpha value is -3.57. The van der Waals surface area contributed by atoms with E-state index in [9.17, 15) is 4.79 Å². The summed E-state index contributed by atoms with van der Waals surface area (Å²) in [5.41, 5.74) is 10.1. The van der Waals surface area contributed by atoms with E-state index in [1.54, 1.807) is 6.08 Å². The van der Waals surface area contributed by atoms with Crippen LogP contribution in [0.15, 0.2) is 91.2 Å². The van der Waals surface area contributed by atoms with E-state index in [2.05, 4.69) is 29.9 Å². The second-order valence-electron chi connectivity index (χ2n) is 7.52. The van der Waals surface area contributed by atoms with Gasteiger partial charge in [0.15, 0.2) is 0 Å². The minimum Gasteiger partial charge on any atom is -0.405 e. The van der Waals surface area contributed by atoms with E-state index in [1.807, 2.05) is 71.7 Å². The number of nitrogens with one attached hydrogen (secondary N) is 1. The largest absolute Gasteiger partial charge is 0.405 e. The minimum atomic E-state index is 0.0860. The van der Waals surface area contributed by atoms with Crippen LogP contribution in [0.25, 0.3) is 6.08 Å². The summed E-state index contributed by atoms with van der Waals surface area (Å²) < 4.78 is 0. The van der Waals surface area contributed by atoms with Crippen LogP contribution in [0.4, 0.5) is 11.4 Å². The molecule has 5 heteroatoms. The Morgan fingerprint density at radius 2 is 1.74 bits per heavy atom. The third-order valence-corrected chi connectivity index (χ3v) is 5.14. The van der Waals surface area contributed by atoms with E-state index in [0.717, 1.165) is 48.7 Å². The van der Waals surface area contributed by atoms with Crippen LogP contribution in [0.3, 0.4) is 0 Å². The predicted molar refractivity (Wildman–Crippen MR) is 130 cm³/mol. The molecular formula is C26H30N4O. The number of amides is 1. The Morgan fingerprint density at radius 1 is 1.03 bits per heavy atom. The number of hydrogen-bond acceptors (Lipinski definition) is 4. The van der Waals surface area contributed by atoms with Crippen LogP contribution in [0.1, 0.15) is 15.9 Å². The van der Waals surface area contributed by atoms with Crippen LogP contribution in [0.5, 0.6) is 0 Å². The Kier molecular flexibility index (Phi) is 7.85. The molecule has 160 valence electrons. The molecule has 0 saturated carbocycles. The summed E-state index contributed by atoms with van der Waals surface area (Å²) in [6, 6.07) is 15.8. The van der Waals surface area contributed by atoms with E-state index in [4.69, 9.17) is 5.73 Å². The molecule has 1 fully saturated rings. The van der Waals surface area contributed by atoms with Gasteiger partial charge in [0.25, 0.3) is 5.91 Å². The van der Waals surface area contributed by atoms with Crippen LogP contribution in [0.2, 0.25) is 0 Å². The van der Waals surface area contributed by atoms with E-state index in [-0.39, 0.29) is 5.91 Å². The van der Waals surface area contributed by atoms with Crippen LogP contribution >= 0.6 is 0 Å². The molecule has 1 amide bonds. The molecule has 31 heavy (non-hydrogen) atoms. The monoisotopic (exact) mass is 414 g/mol. The first-order chi connectivity index (χ1) is 15.1. The number of carbonyl (C=O) groups excluding carboxylic acids is 1. The lowest BCUT2D eigenvalue weighted by Crippen LogP contribution is -2.47. The molecule has 0 spiro atoms. The number of benzene rings is 2. The maximum atomic E-state index is 12.9. The highest BCUT2D eigenvalue weighted by Crippen LogP contribution is 2.21. The SMILES string of the molecule is C=C/C=C(\C=C/N)/C=C/c1cccc(Nc2cccc(C(=O)N3CCN(C)CC3)c2)c1. The molecule has 2 aromatic carbocycles. The van der Waals surface area contributed by atoms with E-state index >= 15 is 0 Å². The Labute approximate surface area is 184 Å². The Balaban J connectivity index is 1.71. The van der Waals surface area contributed by atoms with Crippen molar-refractivity contribution in [2.45, 2.75) is 0 Å². The zero-order valence-corrected chi connectivity index (χ0v) is 18.0. The van der Waals surface area contributed by atoms with Gasteiger partial charge in [-0.3, -0.25) is 4.79 Å². The van der Waals surface area contributed by atoms with Gasteiger partial charge >= 0.3 is 0 Å². The summed E-state index contributed by atoms with van der Waals surface area (Å²) >= 11 is 0. The van der Waals surface area contributed by atoms with Crippen molar-refractivity contribution >= 4 is 23.4 Å². The molecule has 1 heterocycles. The number of piperazine rings is 1. The van der Waals surface area contributed by atoms with Gasteiger partial charge in [0.1, 0.15) is 0 Å². The first kappa shape index (κ1) is 22.1. The van der Waals surface area contributed by atoms with Gasteiger partial charge in [0.05, 0.1) is 0 Å². The Bertz CT molecular complexity index is 998. The number of rotatable bonds is 7. The topological polar surface area (TPSA) is 61.6 Å². The third-order valence-electron chi connectivity index (χ3n) is 5.14. The van der Waals surface area contributed by atoms with Crippen LogP contribution < -0.4 is 11.1 Å². The number of carbonyl (C=O) groups is 1. The van der Waals surface area contributed by atoms with Gasteiger partial charge < -0.3 is 20.9 Å². The summed E-state index contributed by atoms with van der Waals surface area (Å²) in [5.74, 6) is 0.0860. The highest BCUT2D eigenvalue weighted by atomic mass is 16.2. The predicted octanol–water partition coefficient (Wildman–Crippen LogP) is 4.42. The second-order valence-corrected chi connectivity index (χ2v) is 7.52. The minimum absolute atomic E-state index is 0.0860. The van der Waals surface area contributed by atoms with Crippen LogP contribution in [-0.4, -0.2) is 48.9 Å². The lowest BCUT2D eigenvalue weighted by molar-refractivity contribution is 0.0664. The highest BCUT2D eigenvalue weighted by Gasteiger charge is 2.20. The third kappa shape index (κ3) is 6.46. The molecular weight excluding hydrogens is 384 g/mol. The lowest BCUT2D eigenvalue weighted by Gasteiger charge is -2.32. The quantitative estimate of drug-likeness (QED) is 0.659. The smallest absolute Gasteiger partial charge is 0.254 e. The lowest BCUT2D eigenvalue weighted by atomic mass is 10.1. The second kappa shape index (κ2) is 11.0. The molecule has 1 aliphatic heterocycles. The average molecular weight is 415 g/mol. The molecule has 0 aromatic heterocycles. The summed E-state index contributed by atoms with van der Waals surface area (Å²) in [7, 11) is 2.08. The molecule has 1 aliphatic rings. The number of hydrogen-bond donors (Lipinski definition) is 2. The van der Waals surface area contributed by atoms with Crippen LogP contribution in [-0.2, 0) is 0 Å². The highest BCUT2D eigenvalue weighted by molar-refractivity contribution is 5.95. The Morgan fingerprint density at radius 3 is 2.45 bits per heavy atom.